The highest BCUT2D eigenvalue weighted by atomic mass is 16.2. The van der Waals surface area contributed by atoms with Crippen LogP contribution in [-0.2, 0) is 6.42 Å². The molecule has 1 aromatic carbocycles. The van der Waals surface area contributed by atoms with Gasteiger partial charge in [0.2, 0.25) is 0 Å². The summed E-state index contributed by atoms with van der Waals surface area (Å²) >= 11 is 0. The Hall–Kier alpha value is -3.93. The van der Waals surface area contributed by atoms with Crippen LogP contribution in [0.3, 0.4) is 0 Å². The quantitative estimate of drug-likeness (QED) is 0.474. The van der Waals surface area contributed by atoms with Crippen LogP contribution in [0.1, 0.15) is 39.0 Å². The monoisotopic (exact) mass is 407 g/mol. The first-order valence-electron chi connectivity index (χ1n) is 10.5. The van der Waals surface area contributed by atoms with Crippen molar-refractivity contribution in [3.05, 3.63) is 101 Å². The van der Waals surface area contributed by atoms with E-state index in [1.54, 1.807) is 6.20 Å². The molecule has 152 valence electrons. The van der Waals surface area contributed by atoms with E-state index >= 15 is 0 Å². The molecule has 6 heteroatoms. The summed E-state index contributed by atoms with van der Waals surface area (Å²) in [6.07, 6.45) is 6.38. The average Bonchev–Trinajstić information content (AvgIpc) is 3.39. The molecule has 6 nitrogen and oxygen atoms in total. The van der Waals surface area contributed by atoms with E-state index in [-0.39, 0.29) is 11.9 Å². The zero-order chi connectivity index (χ0) is 20.9. The number of nitrogens with zero attached hydrogens (tertiary/aromatic N) is 4. The molecule has 1 aliphatic heterocycles. The molecule has 1 atom stereocenters. The second-order valence-electron chi connectivity index (χ2n) is 8.07. The van der Waals surface area contributed by atoms with Crippen LogP contribution in [0, 0.1) is 6.92 Å². The number of aromatic amines is 1. The van der Waals surface area contributed by atoms with Gasteiger partial charge in [0.25, 0.3) is 5.91 Å². The number of hydrogen-bond acceptors (Lipinski definition) is 3. The highest BCUT2D eigenvalue weighted by Gasteiger charge is 2.36. The summed E-state index contributed by atoms with van der Waals surface area (Å²) < 4.78 is 1.91. The topological polar surface area (TPSA) is 66.3 Å². The molecule has 0 bridgehead atoms. The third kappa shape index (κ3) is 2.83. The molecule has 31 heavy (non-hydrogen) atoms. The number of imidazole rings is 1. The first-order chi connectivity index (χ1) is 15.2. The Morgan fingerprint density at radius 1 is 1.06 bits per heavy atom. The number of fused-ring (bicyclic) bond motifs is 4. The summed E-state index contributed by atoms with van der Waals surface area (Å²) in [4.78, 5) is 28.4. The molecule has 0 aliphatic carbocycles. The first-order valence-corrected chi connectivity index (χ1v) is 10.5. The van der Waals surface area contributed by atoms with Crippen LogP contribution in [0.25, 0.3) is 16.6 Å². The zero-order valence-electron chi connectivity index (χ0n) is 17.1. The maximum absolute atomic E-state index is 13.7. The SMILES string of the molecule is Cc1ccc2nc(C(=O)N3CCc4c([nH]c5ccccc45)[C@@H]3c3ccccn3)cn2c1. The maximum Gasteiger partial charge on any atom is 0.274 e. The van der Waals surface area contributed by atoms with Gasteiger partial charge in [-0.25, -0.2) is 4.98 Å². The van der Waals surface area contributed by atoms with Gasteiger partial charge in [0.1, 0.15) is 17.4 Å². The summed E-state index contributed by atoms with van der Waals surface area (Å²) in [7, 11) is 0. The molecule has 0 saturated heterocycles. The van der Waals surface area contributed by atoms with Crippen molar-refractivity contribution in [1.82, 2.24) is 24.3 Å². The van der Waals surface area contributed by atoms with Gasteiger partial charge in [-0.1, -0.05) is 30.3 Å². The number of H-pyrrole nitrogens is 1. The van der Waals surface area contributed by atoms with Crippen molar-refractivity contribution in [1.29, 1.82) is 0 Å². The lowest BCUT2D eigenvalue weighted by Gasteiger charge is -2.35. The number of carbonyl (C=O) groups is 1. The first kappa shape index (κ1) is 17.9. The summed E-state index contributed by atoms with van der Waals surface area (Å²) in [6, 6.07) is 17.8. The molecule has 0 radical (unpaired) electrons. The second-order valence-corrected chi connectivity index (χ2v) is 8.07. The maximum atomic E-state index is 13.7. The van der Waals surface area contributed by atoms with Crippen molar-refractivity contribution in [2.45, 2.75) is 19.4 Å². The van der Waals surface area contributed by atoms with E-state index in [0.29, 0.717) is 12.2 Å². The van der Waals surface area contributed by atoms with Gasteiger partial charge in [-0.3, -0.25) is 9.78 Å². The van der Waals surface area contributed by atoms with Gasteiger partial charge in [0.05, 0.1) is 5.69 Å². The van der Waals surface area contributed by atoms with Gasteiger partial charge >= 0.3 is 0 Å². The molecule has 1 N–H and O–H groups in total. The molecule has 5 aromatic rings. The Kier molecular flexibility index (Phi) is 3.93. The number of aromatic nitrogens is 4. The third-order valence-corrected chi connectivity index (χ3v) is 6.08. The largest absolute Gasteiger partial charge is 0.356 e. The second kappa shape index (κ2) is 6.80. The molecule has 0 spiro atoms. The zero-order valence-corrected chi connectivity index (χ0v) is 17.1. The van der Waals surface area contributed by atoms with Crippen LogP contribution in [0.5, 0.6) is 0 Å². The molecule has 0 unspecified atom stereocenters. The van der Waals surface area contributed by atoms with Gasteiger partial charge in [-0.2, -0.15) is 0 Å². The van der Waals surface area contributed by atoms with Crippen molar-refractivity contribution in [3.63, 3.8) is 0 Å². The van der Waals surface area contributed by atoms with Crippen molar-refractivity contribution >= 4 is 22.5 Å². The summed E-state index contributed by atoms with van der Waals surface area (Å²) in [6.45, 7) is 2.64. The summed E-state index contributed by atoms with van der Waals surface area (Å²) in [5.74, 6) is -0.0821. The van der Waals surface area contributed by atoms with Crippen LogP contribution in [0.4, 0.5) is 0 Å². The van der Waals surface area contributed by atoms with E-state index < -0.39 is 0 Å². The number of benzene rings is 1. The number of hydrogen-bond donors (Lipinski definition) is 1. The van der Waals surface area contributed by atoms with E-state index in [1.807, 2.05) is 65.0 Å². The van der Waals surface area contributed by atoms with Gasteiger partial charge in [-0.05, 0) is 48.7 Å². The van der Waals surface area contributed by atoms with E-state index in [2.05, 4.69) is 33.2 Å². The lowest BCUT2D eigenvalue weighted by atomic mass is 9.94. The fraction of sp³-hybridized carbons (Fsp3) is 0.160. The predicted molar refractivity (Wildman–Crippen MR) is 119 cm³/mol. The average molecular weight is 407 g/mol. The number of carbonyl (C=O) groups excluding carboxylic acids is 1. The van der Waals surface area contributed by atoms with Gasteiger partial charge < -0.3 is 14.3 Å². The summed E-state index contributed by atoms with van der Waals surface area (Å²) in [5, 5.41) is 1.22. The van der Waals surface area contributed by atoms with E-state index in [9.17, 15) is 4.79 Å². The lowest BCUT2D eigenvalue weighted by Crippen LogP contribution is -2.41. The third-order valence-electron chi connectivity index (χ3n) is 6.08. The van der Waals surface area contributed by atoms with E-state index in [0.717, 1.165) is 34.5 Å². The molecule has 4 aromatic heterocycles. The number of para-hydroxylation sites is 1. The minimum Gasteiger partial charge on any atom is -0.356 e. The van der Waals surface area contributed by atoms with Gasteiger partial charge in [0, 0.05) is 41.7 Å². The van der Waals surface area contributed by atoms with Gasteiger partial charge in [0.15, 0.2) is 0 Å². The molecule has 0 saturated carbocycles. The Morgan fingerprint density at radius 2 is 1.94 bits per heavy atom. The van der Waals surface area contributed by atoms with Crippen molar-refractivity contribution < 1.29 is 4.79 Å². The number of aryl methyl sites for hydroxylation is 1. The van der Waals surface area contributed by atoms with Crippen molar-refractivity contribution in [3.8, 4) is 0 Å². The fourth-order valence-electron chi connectivity index (χ4n) is 4.66. The Balaban J connectivity index is 1.49. The number of amides is 1. The predicted octanol–water partition coefficient (Wildman–Crippen LogP) is 4.31. The van der Waals surface area contributed by atoms with E-state index in [1.165, 1.54) is 10.9 Å². The number of pyridine rings is 2. The molecular formula is C25H21N5O. The highest BCUT2D eigenvalue weighted by Crippen LogP contribution is 2.38. The Bertz CT molecular complexity index is 1430. The molecule has 0 fully saturated rings. The van der Waals surface area contributed by atoms with Crippen LogP contribution in [0.15, 0.2) is 73.2 Å². The Morgan fingerprint density at radius 3 is 2.81 bits per heavy atom. The molecule has 1 amide bonds. The minimum atomic E-state index is -0.281. The molecule has 6 rings (SSSR count). The number of rotatable bonds is 2. The normalized spacial score (nSPS) is 16.0. The standard InChI is InChI=1S/C25H21N5O/c1-16-9-10-22-27-21(15-29(22)14-16)25(31)30-13-11-18-17-6-2-3-7-19(17)28-23(18)24(30)20-8-4-5-12-26-20/h2-10,12,14-15,24,28H,11,13H2,1H3/t24-/m0/s1. The van der Waals surface area contributed by atoms with Crippen molar-refractivity contribution in [2.75, 3.05) is 6.54 Å². The fourth-order valence-corrected chi connectivity index (χ4v) is 4.66. The molecule has 5 heterocycles. The van der Waals surface area contributed by atoms with Crippen LogP contribution in [-0.4, -0.2) is 36.7 Å². The smallest absolute Gasteiger partial charge is 0.274 e. The van der Waals surface area contributed by atoms with E-state index in [4.69, 9.17) is 0 Å². The Labute approximate surface area is 179 Å². The minimum absolute atomic E-state index is 0.0821. The highest BCUT2D eigenvalue weighted by molar-refractivity contribution is 5.94. The lowest BCUT2D eigenvalue weighted by molar-refractivity contribution is 0.0683. The van der Waals surface area contributed by atoms with Crippen molar-refractivity contribution in [2.24, 2.45) is 0 Å². The number of nitrogens with one attached hydrogen (secondary N) is 1. The van der Waals surface area contributed by atoms with Crippen LogP contribution >= 0.6 is 0 Å². The summed E-state index contributed by atoms with van der Waals surface area (Å²) in [5.41, 5.74) is 6.59. The van der Waals surface area contributed by atoms with Crippen LogP contribution < -0.4 is 0 Å². The van der Waals surface area contributed by atoms with Gasteiger partial charge in [-0.15, -0.1) is 0 Å². The molecule has 1 aliphatic rings. The molecular weight excluding hydrogens is 386 g/mol. The van der Waals surface area contributed by atoms with Crippen LogP contribution in [0.2, 0.25) is 0 Å².